The number of halogens is 1. The van der Waals surface area contributed by atoms with Gasteiger partial charge in [0.2, 0.25) is 0 Å². The number of methoxy groups -OCH3 is 1. The maximum Gasteiger partial charge on any atom is 0.277 e. The molecule has 0 aliphatic carbocycles. The number of unbranched alkanes of at least 4 members (excludes halogenated alkanes) is 3. The molecule has 0 bridgehead atoms. The van der Waals surface area contributed by atoms with E-state index < -0.39 is 10.0 Å². The average Bonchev–Trinajstić information content (AvgIpc) is 3.23. The molecule has 0 aliphatic heterocycles. The van der Waals surface area contributed by atoms with Gasteiger partial charge in [0.05, 0.1) is 40.6 Å². The number of imidazole rings is 1. The lowest BCUT2D eigenvalue weighted by Crippen LogP contribution is -2.17. The van der Waals surface area contributed by atoms with Crippen molar-refractivity contribution < 1.29 is 17.9 Å². The summed E-state index contributed by atoms with van der Waals surface area (Å²) in [4.78, 5) is 20.4. The maximum atomic E-state index is 13.4. The Bertz CT molecular complexity index is 1650. The SMILES string of the molecule is CCCCCCc1nc(C)c2c(=O)[nH]c(-c3cc(S(=O)(=O)Nc4cc(OC)ccc4Cl)ccc3OCC)nn12. The number of rotatable bonds is 12. The van der Waals surface area contributed by atoms with Crippen molar-refractivity contribution in [3.05, 3.63) is 63.3 Å². The second-order valence-corrected chi connectivity index (χ2v) is 11.1. The van der Waals surface area contributed by atoms with Crippen molar-refractivity contribution in [1.29, 1.82) is 0 Å². The van der Waals surface area contributed by atoms with Gasteiger partial charge in [-0.1, -0.05) is 37.8 Å². The van der Waals surface area contributed by atoms with E-state index in [0.29, 0.717) is 47.1 Å². The molecular formula is C27H32ClN5O5S. The Kier molecular flexibility index (Phi) is 8.81. The molecule has 2 N–H and O–H groups in total. The fourth-order valence-electron chi connectivity index (χ4n) is 4.28. The van der Waals surface area contributed by atoms with Crippen LogP contribution in [0.3, 0.4) is 0 Å². The van der Waals surface area contributed by atoms with E-state index in [2.05, 4.69) is 26.7 Å². The summed E-state index contributed by atoms with van der Waals surface area (Å²) in [6.45, 7) is 6.06. The molecule has 0 fully saturated rings. The molecule has 4 aromatic rings. The summed E-state index contributed by atoms with van der Waals surface area (Å²) in [5.74, 6) is 1.67. The molecular weight excluding hydrogens is 542 g/mol. The zero-order valence-corrected chi connectivity index (χ0v) is 23.9. The third-order valence-corrected chi connectivity index (χ3v) is 7.92. The van der Waals surface area contributed by atoms with E-state index in [4.69, 9.17) is 21.1 Å². The highest BCUT2D eigenvalue weighted by Crippen LogP contribution is 2.33. The number of aromatic nitrogens is 4. The monoisotopic (exact) mass is 573 g/mol. The summed E-state index contributed by atoms with van der Waals surface area (Å²) < 4.78 is 41.7. The number of aryl methyl sites for hydroxylation is 2. The van der Waals surface area contributed by atoms with Crippen molar-refractivity contribution in [3.63, 3.8) is 0 Å². The molecule has 2 aromatic carbocycles. The van der Waals surface area contributed by atoms with Gasteiger partial charge in [0.15, 0.2) is 11.3 Å². The Labute approximate surface area is 232 Å². The summed E-state index contributed by atoms with van der Waals surface area (Å²) in [7, 11) is -2.61. The molecule has 12 heteroatoms. The van der Waals surface area contributed by atoms with Crippen LogP contribution in [0.2, 0.25) is 5.02 Å². The van der Waals surface area contributed by atoms with Crippen LogP contribution in [0.15, 0.2) is 46.1 Å². The van der Waals surface area contributed by atoms with Crippen LogP contribution in [0, 0.1) is 6.92 Å². The fraction of sp³-hybridized carbons (Fsp3) is 0.370. The number of fused-ring (bicyclic) bond motifs is 1. The number of aromatic amines is 1. The van der Waals surface area contributed by atoms with Gasteiger partial charge in [-0.15, -0.1) is 5.10 Å². The van der Waals surface area contributed by atoms with Crippen LogP contribution in [0.25, 0.3) is 16.9 Å². The Morgan fingerprint density at radius 1 is 1.10 bits per heavy atom. The van der Waals surface area contributed by atoms with Crippen molar-refractivity contribution >= 4 is 32.8 Å². The lowest BCUT2D eigenvalue weighted by molar-refractivity contribution is 0.341. The van der Waals surface area contributed by atoms with Gasteiger partial charge in [-0.3, -0.25) is 9.52 Å². The van der Waals surface area contributed by atoms with Crippen LogP contribution in [-0.4, -0.2) is 41.7 Å². The summed E-state index contributed by atoms with van der Waals surface area (Å²) >= 11 is 6.22. The first-order valence-electron chi connectivity index (χ1n) is 12.8. The Morgan fingerprint density at radius 3 is 2.62 bits per heavy atom. The Hall–Kier alpha value is -3.57. The number of hydrogen-bond donors (Lipinski definition) is 2. The number of hydrogen-bond acceptors (Lipinski definition) is 7. The van der Waals surface area contributed by atoms with Gasteiger partial charge in [0, 0.05) is 12.5 Å². The summed E-state index contributed by atoms with van der Waals surface area (Å²) in [5.41, 5.74) is 1.06. The Morgan fingerprint density at radius 2 is 1.90 bits per heavy atom. The molecule has 39 heavy (non-hydrogen) atoms. The maximum absolute atomic E-state index is 13.4. The summed E-state index contributed by atoms with van der Waals surface area (Å²) in [6.07, 6.45) is 4.88. The molecule has 0 spiro atoms. The van der Waals surface area contributed by atoms with Crippen molar-refractivity contribution in [1.82, 2.24) is 19.6 Å². The van der Waals surface area contributed by atoms with Crippen molar-refractivity contribution in [2.24, 2.45) is 0 Å². The number of ether oxygens (including phenoxy) is 2. The predicted octanol–water partition coefficient (Wildman–Crippen LogP) is 5.38. The zero-order chi connectivity index (χ0) is 28.2. The van der Waals surface area contributed by atoms with E-state index in [1.165, 1.54) is 31.4 Å². The number of nitrogens with one attached hydrogen (secondary N) is 2. The Balaban J connectivity index is 1.79. The van der Waals surface area contributed by atoms with Gasteiger partial charge in [0.25, 0.3) is 15.6 Å². The fourth-order valence-corrected chi connectivity index (χ4v) is 5.60. The number of nitrogens with zero attached hydrogens (tertiary/aromatic N) is 3. The largest absolute Gasteiger partial charge is 0.497 e. The highest BCUT2D eigenvalue weighted by Gasteiger charge is 2.22. The van der Waals surface area contributed by atoms with Gasteiger partial charge in [0.1, 0.15) is 17.3 Å². The molecule has 0 unspecified atom stereocenters. The first-order valence-corrected chi connectivity index (χ1v) is 14.7. The van der Waals surface area contributed by atoms with Crippen molar-refractivity contribution in [2.75, 3.05) is 18.4 Å². The zero-order valence-electron chi connectivity index (χ0n) is 22.4. The van der Waals surface area contributed by atoms with E-state index in [0.717, 1.165) is 25.7 Å². The van der Waals surface area contributed by atoms with Gasteiger partial charge in [-0.05, 0) is 50.6 Å². The number of benzene rings is 2. The molecule has 2 aromatic heterocycles. The minimum Gasteiger partial charge on any atom is -0.497 e. The normalized spacial score (nSPS) is 11.6. The van der Waals surface area contributed by atoms with Gasteiger partial charge in [-0.25, -0.2) is 17.9 Å². The molecule has 0 aliphatic rings. The van der Waals surface area contributed by atoms with E-state index >= 15 is 0 Å². The number of sulfonamides is 1. The van der Waals surface area contributed by atoms with Crippen LogP contribution in [0.1, 0.15) is 51.0 Å². The minimum atomic E-state index is -4.08. The van der Waals surface area contributed by atoms with Crippen LogP contribution >= 0.6 is 11.6 Å². The predicted molar refractivity (Wildman–Crippen MR) is 152 cm³/mol. The van der Waals surface area contributed by atoms with E-state index in [1.807, 2.05) is 6.92 Å². The van der Waals surface area contributed by atoms with Gasteiger partial charge >= 0.3 is 0 Å². The highest BCUT2D eigenvalue weighted by molar-refractivity contribution is 7.92. The summed E-state index contributed by atoms with van der Waals surface area (Å²) in [5, 5.41) is 4.89. The van der Waals surface area contributed by atoms with Crippen molar-refractivity contribution in [3.8, 4) is 22.9 Å². The molecule has 0 saturated carbocycles. The third kappa shape index (κ3) is 6.20. The highest BCUT2D eigenvalue weighted by atomic mass is 35.5. The quantitative estimate of drug-likeness (QED) is 0.218. The van der Waals surface area contributed by atoms with Crippen molar-refractivity contribution in [2.45, 2.75) is 57.8 Å². The average molecular weight is 574 g/mol. The molecule has 0 amide bonds. The number of anilines is 1. The topological polar surface area (TPSA) is 128 Å². The first kappa shape index (κ1) is 28.4. The first-order chi connectivity index (χ1) is 18.7. The van der Waals surface area contributed by atoms with E-state index in [9.17, 15) is 13.2 Å². The van der Waals surface area contributed by atoms with E-state index in [1.54, 1.807) is 23.6 Å². The molecule has 0 radical (unpaired) electrons. The van der Waals surface area contributed by atoms with E-state index in [-0.39, 0.29) is 27.0 Å². The molecule has 0 saturated heterocycles. The summed E-state index contributed by atoms with van der Waals surface area (Å²) in [6, 6.07) is 9.03. The minimum absolute atomic E-state index is 0.0656. The second-order valence-electron chi connectivity index (χ2n) is 9.03. The lowest BCUT2D eigenvalue weighted by atomic mass is 10.1. The van der Waals surface area contributed by atoms with Gasteiger partial charge < -0.3 is 14.5 Å². The van der Waals surface area contributed by atoms with Crippen LogP contribution < -0.4 is 19.8 Å². The molecule has 208 valence electrons. The van der Waals surface area contributed by atoms with Gasteiger partial charge in [-0.2, -0.15) is 0 Å². The molecule has 4 rings (SSSR count). The number of H-pyrrole nitrogens is 1. The second kappa shape index (κ2) is 12.1. The van der Waals surface area contributed by atoms with Crippen LogP contribution in [0.4, 0.5) is 5.69 Å². The van der Waals surface area contributed by atoms with Crippen LogP contribution in [0.5, 0.6) is 11.5 Å². The molecule has 2 heterocycles. The lowest BCUT2D eigenvalue weighted by Gasteiger charge is -2.14. The smallest absolute Gasteiger partial charge is 0.277 e. The molecule has 10 nitrogen and oxygen atoms in total. The molecule has 0 atom stereocenters. The third-order valence-electron chi connectivity index (χ3n) is 6.23. The standard InChI is InChI=1S/C27H32ClN5O5S/c1-5-7-8-9-10-24-29-17(3)25-27(34)30-26(31-33(24)25)20-16-19(12-14-23(20)38-6-2)39(35,36)32-22-15-18(37-4)11-13-21(22)28/h11-16,32H,5-10H2,1-4H3,(H,30,31,34). The van der Waals surface area contributed by atoms with Crippen LogP contribution in [-0.2, 0) is 16.4 Å².